The first-order chi connectivity index (χ1) is 25.0. The molecule has 1 unspecified atom stereocenters. The lowest BCUT2D eigenvalue weighted by molar-refractivity contribution is -0.153. The molecule has 23 nitrogen and oxygen atoms in total. The van der Waals surface area contributed by atoms with E-state index in [1.807, 2.05) is 0 Å². The van der Waals surface area contributed by atoms with Crippen LogP contribution in [0.15, 0.2) is 38.2 Å². The predicted molar refractivity (Wildman–Crippen MR) is 174 cm³/mol. The highest BCUT2D eigenvalue weighted by molar-refractivity contribution is 7.84. The fourth-order valence-electron chi connectivity index (χ4n) is 5.68. The number of β-lactam (4-membered cyclic amide) rings is 1. The van der Waals surface area contributed by atoms with Gasteiger partial charge in [0, 0.05) is 62.5 Å². The number of thiazole rings is 1. The van der Waals surface area contributed by atoms with Crippen molar-refractivity contribution in [1.29, 1.82) is 0 Å². The van der Waals surface area contributed by atoms with Gasteiger partial charge in [-0.1, -0.05) is 10.3 Å². The van der Waals surface area contributed by atoms with Crippen LogP contribution in [-0.2, 0) is 29.5 Å². The van der Waals surface area contributed by atoms with Gasteiger partial charge in [0.2, 0.25) is 22.7 Å². The van der Waals surface area contributed by atoms with Crippen molar-refractivity contribution in [2.24, 2.45) is 11.1 Å². The van der Waals surface area contributed by atoms with Gasteiger partial charge in [0.05, 0.1) is 23.9 Å². The number of rotatable bonds is 13. The number of aromatic hydroxyl groups is 1. The Kier molecular flexibility index (Phi) is 9.56. The highest BCUT2D eigenvalue weighted by Gasteiger charge is 2.55. The zero-order valence-corrected chi connectivity index (χ0v) is 28.6. The maximum atomic E-state index is 13.1. The molecule has 2 saturated heterocycles. The molecule has 0 radical (unpaired) electrons. The van der Waals surface area contributed by atoms with Crippen LogP contribution in [0.4, 0.5) is 5.13 Å². The summed E-state index contributed by atoms with van der Waals surface area (Å²) in [5, 5.41) is 42.6. The number of aliphatic carboxylic acids is 1. The van der Waals surface area contributed by atoms with Crippen LogP contribution in [0.5, 0.6) is 5.75 Å². The van der Waals surface area contributed by atoms with Gasteiger partial charge in [-0.15, -0.1) is 11.3 Å². The number of carboxylic acid groups (broad SMARTS) is 1. The fourth-order valence-corrected chi connectivity index (χ4v) is 7.15. The number of nitrogens with two attached hydrogens (primary N) is 1. The van der Waals surface area contributed by atoms with Crippen LogP contribution < -0.4 is 21.8 Å². The first kappa shape index (κ1) is 36.7. The van der Waals surface area contributed by atoms with Crippen molar-refractivity contribution in [3.8, 4) is 5.75 Å². The Bertz CT molecular complexity index is 2210. The van der Waals surface area contributed by atoms with Gasteiger partial charge in [-0.3, -0.25) is 28.5 Å². The van der Waals surface area contributed by atoms with Gasteiger partial charge in [0.1, 0.15) is 11.4 Å². The van der Waals surface area contributed by atoms with E-state index in [0.717, 1.165) is 17.4 Å². The zero-order chi connectivity index (χ0) is 38.4. The molecule has 2 aliphatic heterocycles. The third-order valence-electron chi connectivity index (χ3n) is 8.76. The third kappa shape index (κ3) is 7.33. The maximum absolute atomic E-state index is 13.1. The van der Waals surface area contributed by atoms with Crippen LogP contribution in [0.1, 0.15) is 57.6 Å². The lowest BCUT2D eigenvalue weighted by Gasteiger charge is -2.44. The second-order valence-electron chi connectivity index (χ2n) is 12.2. The first-order valence-electron chi connectivity index (χ1n) is 15.5. The Morgan fingerprint density at radius 1 is 1.17 bits per heavy atom. The number of likely N-dealkylation sites (tertiary alicyclic amines) is 1. The normalized spacial score (nSPS) is 20.8. The van der Waals surface area contributed by atoms with E-state index in [0.29, 0.717) is 17.3 Å². The number of nitrogen functional groups attached to an aromatic ring is 1. The second kappa shape index (κ2) is 13.8. The Morgan fingerprint density at radius 3 is 2.55 bits per heavy atom. The summed E-state index contributed by atoms with van der Waals surface area (Å²) in [6, 6.07) is 0.690. The summed E-state index contributed by atoms with van der Waals surface area (Å²) >= 11 is 0.952. The van der Waals surface area contributed by atoms with Crippen molar-refractivity contribution in [3.63, 3.8) is 0 Å². The van der Waals surface area contributed by atoms with Crippen LogP contribution in [0, 0.1) is 5.92 Å². The van der Waals surface area contributed by atoms with Crippen LogP contribution in [-0.4, -0.2) is 126 Å². The Hall–Kier alpha value is -6.08. The molecule has 8 N–H and O–H groups in total. The Balaban J connectivity index is 1.08. The molecular formula is C28H29N9O14S2. The monoisotopic (exact) mass is 779 g/mol. The molecule has 3 atom stereocenters. The molecule has 6 rings (SSSR count). The van der Waals surface area contributed by atoms with E-state index in [9.17, 15) is 57.2 Å². The standard InChI is InChI=1S/C28H29N9O14S2/c29-27-32-15(11-52-27)21(34-51-28(2-3-28)26(44)45)23(41)30-7-13-17(37(24(13)42)53(47,48)49)8-31-22(40)20-5-14(33-50-20)12-1-4-35(9-12)25(43)16-6-18(38)19(39)10-36(16)46/h5-6,10-13,17,39,46H,1-4,7-9H2,(H2,29,32)(H,30,41)(H,31,40)(H,44,45)(H,47,48,49)/b34-21-/t12-,13?,17+/m1/s1. The molecule has 3 aromatic heterocycles. The number of pyridine rings is 1. The van der Waals surface area contributed by atoms with Gasteiger partial charge in [-0.25, -0.2) is 14.1 Å². The molecule has 5 heterocycles. The van der Waals surface area contributed by atoms with E-state index in [1.165, 1.54) is 16.3 Å². The molecular weight excluding hydrogens is 750 g/mol. The van der Waals surface area contributed by atoms with Crippen molar-refractivity contribution < 1.29 is 61.7 Å². The fraction of sp³-hybridized carbons (Fsp3) is 0.393. The number of hydrogen-bond donors (Lipinski definition) is 7. The van der Waals surface area contributed by atoms with E-state index in [2.05, 4.69) is 25.9 Å². The Labute approximate surface area is 300 Å². The minimum absolute atomic E-state index is 0.0543. The maximum Gasteiger partial charge on any atom is 0.362 e. The molecule has 3 fully saturated rings. The van der Waals surface area contributed by atoms with E-state index < -0.39 is 93.4 Å². The molecule has 0 aromatic carbocycles. The first-order valence-corrected chi connectivity index (χ1v) is 17.8. The van der Waals surface area contributed by atoms with Crippen molar-refractivity contribution in [3.05, 3.63) is 56.8 Å². The minimum atomic E-state index is -5.09. The van der Waals surface area contributed by atoms with E-state index in [1.54, 1.807) is 0 Å². The summed E-state index contributed by atoms with van der Waals surface area (Å²) in [5.74, 6) is -7.74. The van der Waals surface area contributed by atoms with Gasteiger partial charge in [-0.05, 0) is 6.42 Å². The third-order valence-corrected chi connectivity index (χ3v) is 10.4. The number of anilines is 1. The Morgan fingerprint density at radius 2 is 1.91 bits per heavy atom. The smallest absolute Gasteiger partial charge is 0.362 e. The summed E-state index contributed by atoms with van der Waals surface area (Å²) in [7, 11) is -5.09. The summed E-state index contributed by atoms with van der Waals surface area (Å²) in [6.07, 6.45) is 1.34. The number of nitrogens with one attached hydrogen (secondary N) is 2. The average Bonchev–Trinajstić information content (AvgIpc) is 3.41. The number of hydrogen-bond acceptors (Lipinski definition) is 17. The molecule has 3 aliphatic rings. The summed E-state index contributed by atoms with van der Waals surface area (Å²) in [6.45, 7) is -0.812. The molecule has 1 aliphatic carbocycles. The van der Waals surface area contributed by atoms with E-state index >= 15 is 0 Å². The van der Waals surface area contributed by atoms with Crippen molar-refractivity contribution in [2.75, 3.05) is 31.9 Å². The van der Waals surface area contributed by atoms with Crippen LogP contribution in [0.25, 0.3) is 0 Å². The molecule has 0 spiro atoms. The molecule has 25 heteroatoms. The number of aromatic nitrogens is 3. The molecule has 282 valence electrons. The average molecular weight is 780 g/mol. The quantitative estimate of drug-likeness (QED) is 0.0323. The largest absolute Gasteiger partial charge is 0.503 e. The highest BCUT2D eigenvalue weighted by atomic mass is 32.2. The van der Waals surface area contributed by atoms with Crippen LogP contribution in [0.2, 0.25) is 0 Å². The number of carbonyl (C=O) groups is 5. The van der Waals surface area contributed by atoms with Crippen molar-refractivity contribution in [1.82, 2.24) is 34.7 Å². The zero-order valence-electron chi connectivity index (χ0n) is 26.9. The van der Waals surface area contributed by atoms with Crippen LogP contribution in [0.3, 0.4) is 0 Å². The second-order valence-corrected chi connectivity index (χ2v) is 14.4. The molecule has 3 aromatic rings. The molecule has 1 saturated carbocycles. The van der Waals surface area contributed by atoms with Crippen LogP contribution >= 0.6 is 11.3 Å². The highest BCUT2D eigenvalue weighted by Crippen LogP contribution is 2.40. The van der Waals surface area contributed by atoms with Crippen molar-refractivity contribution >= 4 is 62.1 Å². The number of nitrogens with zero attached hydrogens (tertiary/aromatic N) is 6. The minimum Gasteiger partial charge on any atom is -0.503 e. The van der Waals surface area contributed by atoms with E-state index in [-0.39, 0.29) is 58.2 Å². The summed E-state index contributed by atoms with van der Waals surface area (Å²) < 4.78 is 39.3. The number of carboxylic acids is 1. The van der Waals surface area contributed by atoms with E-state index in [4.69, 9.17) is 15.1 Å². The number of amides is 4. The summed E-state index contributed by atoms with van der Waals surface area (Å²) in [5.41, 5.74) is 2.54. The van der Waals surface area contributed by atoms with Gasteiger partial charge >= 0.3 is 16.3 Å². The molecule has 4 amide bonds. The SMILES string of the molecule is Nc1nc(/C(=N/OC2(C(=O)O)CC2)C(=O)NCC2C(=O)N(S(=O)(=O)O)[C@H]2CNC(=O)c2cc([C@@H]3CCN(C(=O)c4cc(=O)c(O)cn4O)C3)no2)cs1. The lowest BCUT2D eigenvalue weighted by Crippen LogP contribution is -2.68. The number of oxime groups is 1. The lowest BCUT2D eigenvalue weighted by atomic mass is 9.90. The predicted octanol–water partition coefficient (Wildman–Crippen LogP) is -2.04. The van der Waals surface area contributed by atoms with Gasteiger partial charge < -0.3 is 46.0 Å². The van der Waals surface area contributed by atoms with Gasteiger partial charge in [-0.2, -0.15) is 13.1 Å². The van der Waals surface area contributed by atoms with Crippen molar-refractivity contribution in [2.45, 2.75) is 36.8 Å². The topological polar surface area (TPSA) is 339 Å². The molecule has 53 heavy (non-hydrogen) atoms. The van der Waals surface area contributed by atoms with Gasteiger partial charge in [0.25, 0.3) is 17.7 Å². The summed E-state index contributed by atoms with van der Waals surface area (Å²) in [4.78, 5) is 85.5. The van der Waals surface area contributed by atoms with Gasteiger partial charge in [0.15, 0.2) is 16.6 Å². The molecule has 0 bridgehead atoms. The number of carbonyl (C=O) groups excluding carboxylic acids is 4.